The van der Waals surface area contributed by atoms with Crippen molar-refractivity contribution < 1.29 is 9.59 Å². The van der Waals surface area contributed by atoms with Gasteiger partial charge in [-0.15, -0.1) is 0 Å². The number of nitrogens with one attached hydrogen (secondary N) is 2. The van der Waals surface area contributed by atoms with Crippen molar-refractivity contribution >= 4 is 29.1 Å². The van der Waals surface area contributed by atoms with Crippen LogP contribution in [0.1, 0.15) is 35.0 Å². The molecule has 0 spiro atoms. The third kappa shape index (κ3) is 4.66. The smallest absolute Gasteiger partial charge is 0.271 e. The van der Waals surface area contributed by atoms with Crippen LogP contribution in [-0.2, 0) is 4.79 Å². The van der Waals surface area contributed by atoms with Crippen LogP contribution in [0.2, 0.25) is 0 Å². The minimum atomic E-state index is -0.701. The van der Waals surface area contributed by atoms with E-state index in [1.165, 1.54) is 6.20 Å². The van der Waals surface area contributed by atoms with E-state index in [1.807, 2.05) is 39.0 Å². The third-order valence-electron chi connectivity index (χ3n) is 3.56. The molecule has 2 rings (SSSR count). The molecule has 0 radical (unpaired) electrons. The number of anilines is 3. The van der Waals surface area contributed by atoms with Crippen molar-refractivity contribution in [1.82, 2.24) is 9.97 Å². The van der Waals surface area contributed by atoms with Gasteiger partial charge in [0.2, 0.25) is 5.91 Å². The van der Waals surface area contributed by atoms with Crippen molar-refractivity contribution in [1.29, 1.82) is 0 Å². The number of nitrogens with zero attached hydrogens (tertiary/aromatic N) is 2. The van der Waals surface area contributed by atoms with Crippen LogP contribution in [0.15, 0.2) is 24.4 Å². The summed E-state index contributed by atoms with van der Waals surface area (Å²) in [6, 6.07) is 5.28. The quantitative estimate of drug-likeness (QED) is 0.603. The summed E-state index contributed by atoms with van der Waals surface area (Å²) in [5.41, 5.74) is 13.6. The lowest BCUT2D eigenvalue weighted by Crippen LogP contribution is -2.35. The summed E-state index contributed by atoms with van der Waals surface area (Å²) in [6.45, 7) is 5.76. The number of nitrogens with two attached hydrogens (primary N) is 2. The van der Waals surface area contributed by atoms with Crippen molar-refractivity contribution in [3.63, 3.8) is 0 Å². The van der Waals surface area contributed by atoms with Crippen molar-refractivity contribution in [3.05, 3.63) is 41.2 Å². The second-order valence-corrected chi connectivity index (χ2v) is 5.83. The molecule has 0 unspecified atom stereocenters. The number of carbonyl (C=O) groups is 2. The van der Waals surface area contributed by atoms with Crippen LogP contribution in [0.3, 0.4) is 0 Å². The van der Waals surface area contributed by atoms with E-state index in [2.05, 4.69) is 20.6 Å². The summed E-state index contributed by atoms with van der Waals surface area (Å²) in [7, 11) is 0. The van der Waals surface area contributed by atoms with Gasteiger partial charge in [-0.05, 0) is 43.5 Å². The van der Waals surface area contributed by atoms with Gasteiger partial charge >= 0.3 is 0 Å². The van der Waals surface area contributed by atoms with Gasteiger partial charge in [0.25, 0.3) is 5.91 Å². The standard InChI is InChI=1S/C17H22N6O2/c1-4-12(15(18)24)22-13-8-20-14(16(19)25)17(23-13)21-11-6-9(2)5-10(3)7-11/h5-8,12H,4H2,1-3H3,(H2,18,24)(H2,19,25)(H2,21,22,23)/t12-/m1/s1. The first-order valence-electron chi connectivity index (χ1n) is 7.88. The molecule has 8 nitrogen and oxygen atoms in total. The molecule has 1 heterocycles. The van der Waals surface area contributed by atoms with Crippen LogP contribution in [0.4, 0.5) is 17.3 Å². The fraction of sp³-hybridized carbons (Fsp3) is 0.294. The molecule has 0 bridgehead atoms. The van der Waals surface area contributed by atoms with E-state index >= 15 is 0 Å². The van der Waals surface area contributed by atoms with Gasteiger partial charge in [0, 0.05) is 5.69 Å². The summed E-state index contributed by atoms with van der Waals surface area (Å²) in [5, 5.41) is 5.97. The van der Waals surface area contributed by atoms with E-state index in [9.17, 15) is 9.59 Å². The maximum Gasteiger partial charge on any atom is 0.271 e. The Morgan fingerprint density at radius 3 is 2.32 bits per heavy atom. The predicted molar refractivity (Wildman–Crippen MR) is 96.6 cm³/mol. The number of carbonyl (C=O) groups excluding carboxylic acids is 2. The average Bonchev–Trinajstić information content (AvgIpc) is 2.51. The Bertz CT molecular complexity index is 785. The third-order valence-corrected chi connectivity index (χ3v) is 3.56. The van der Waals surface area contributed by atoms with Gasteiger partial charge in [0.1, 0.15) is 11.9 Å². The summed E-state index contributed by atoms with van der Waals surface area (Å²) >= 11 is 0. The van der Waals surface area contributed by atoms with E-state index in [1.54, 1.807) is 0 Å². The van der Waals surface area contributed by atoms with Crippen molar-refractivity contribution in [2.24, 2.45) is 11.5 Å². The molecule has 0 saturated carbocycles. The number of aromatic nitrogens is 2. The van der Waals surface area contributed by atoms with Gasteiger partial charge < -0.3 is 22.1 Å². The minimum absolute atomic E-state index is 0.0110. The maximum atomic E-state index is 11.6. The average molecular weight is 342 g/mol. The van der Waals surface area contributed by atoms with Crippen LogP contribution in [0, 0.1) is 13.8 Å². The summed E-state index contributed by atoms with van der Waals surface area (Å²) in [4.78, 5) is 31.4. The van der Waals surface area contributed by atoms with Crippen LogP contribution < -0.4 is 22.1 Å². The molecular formula is C17H22N6O2. The Labute approximate surface area is 146 Å². The Morgan fingerprint density at radius 2 is 1.80 bits per heavy atom. The summed E-state index contributed by atoms with van der Waals surface area (Å²) < 4.78 is 0. The summed E-state index contributed by atoms with van der Waals surface area (Å²) in [6.07, 6.45) is 1.84. The molecule has 0 saturated heterocycles. The molecule has 6 N–H and O–H groups in total. The Morgan fingerprint density at radius 1 is 1.16 bits per heavy atom. The molecule has 2 aromatic rings. The van der Waals surface area contributed by atoms with Gasteiger partial charge in [-0.2, -0.15) is 0 Å². The highest BCUT2D eigenvalue weighted by molar-refractivity contribution is 5.96. The van der Waals surface area contributed by atoms with Gasteiger partial charge in [-0.1, -0.05) is 13.0 Å². The largest absolute Gasteiger partial charge is 0.368 e. The molecule has 8 heteroatoms. The van der Waals surface area contributed by atoms with Crippen molar-refractivity contribution in [3.8, 4) is 0 Å². The minimum Gasteiger partial charge on any atom is -0.368 e. The van der Waals surface area contributed by atoms with Crippen LogP contribution >= 0.6 is 0 Å². The molecular weight excluding hydrogens is 320 g/mol. The number of hydrogen-bond donors (Lipinski definition) is 4. The summed E-state index contributed by atoms with van der Waals surface area (Å²) in [5.74, 6) is -0.663. The molecule has 2 amide bonds. The molecule has 132 valence electrons. The van der Waals surface area contributed by atoms with E-state index in [0.717, 1.165) is 16.8 Å². The van der Waals surface area contributed by atoms with Crippen molar-refractivity contribution in [2.45, 2.75) is 33.2 Å². The van der Waals surface area contributed by atoms with Gasteiger partial charge in [0.05, 0.1) is 6.20 Å². The highest BCUT2D eigenvalue weighted by Crippen LogP contribution is 2.22. The highest BCUT2D eigenvalue weighted by atomic mass is 16.1. The number of aryl methyl sites for hydroxylation is 2. The van der Waals surface area contributed by atoms with Crippen LogP contribution in [-0.4, -0.2) is 27.8 Å². The first-order valence-corrected chi connectivity index (χ1v) is 7.88. The van der Waals surface area contributed by atoms with E-state index in [-0.39, 0.29) is 11.5 Å². The second-order valence-electron chi connectivity index (χ2n) is 5.83. The monoisotopic (exact) mass is 342 g/mol. The molecule has 25 heavy (non-hydrogen) atoms. The highest BCUT2D eigenvalue weighted by Gasteiger charge is 2.17. The zero-order valence-corrected chi connectivity index (χ0v) is 14.5. The lowest BCUT2D eigenvalue weighted by Gasteiger charge is -2.16. The predicted octanol–water partition coefficient (Wildman–Crippen LogP) is 1.61. The van der Waals surface area contributed by atoms with Gasteiger partial charge in [0.15, 0.2) is 11.5 Å². The Kier molecular flexibility index (Phi) is 5.53. The lowest BCUT2D eigenvalue weighted by atomic mass is 10.1. The molecule has 0 aliphatic carbocycles. The zero-order chi connectivity index (χ0) is 18.6. The number of rotatable bonds is 7. The molecule has 1 aromatic carbocycles. The number of primary amides is 2. The molecule has 0 aliphatic rings. The lowest BCUT2D eigenvalue weighted by molar-refractivity contribution is -0.118. The molecule has 1 aromatic heterocycles. The maximum absolute atomic E-state index is 11.6. The van der Waals surface area contributed by atoms with Crippen LogP contribution in [0.5, 0.6) is 0 Å². The van der Waals surface area contributed by atoms with Gasteiger partial charge in [-0.3, -0.25) is 9.59 Å². The normalized spacial score (nSPS) is 11.6. The molecule has 0 fully saturated rings. The van der Waals surface area contributed by atoms with Crippen LogP contribution in [0.25, 0.3) is 0 Å². The van der Waals surface area contributed by atoms with E-state index in [4.69, 9.17) is 11.5 Å². The molecule has 0 aliphatic heterocycles. The Hall–Kier alpha value is -3.16. The zero-order valence-electron chi connectivity index (χ0n) is 14.5. The number of amides is 2. The number of hydrogen-bond acceptors (Lipinski definition) is 6. The van der Waals surface area contributed by atoms with E-state index in [0.29, 0.717) is 12.2 Å². The first-order chi connectivity index (χ1) is 11.8. The number of benzene rings is 1. The SMILES string of the molecule is CC[C@@H](Nc1cnc(C(N)=O)c(Nc2cc(C)cc(C)c2)n1)C(N)=O. The van der Waals surface area contributed by atoms with E-state index < -0.39 is 17.9 Å². The second kappa shape index (κ2) is 7.61. The van der Waals surface area contributed by atoms with Gasteiger partial charge in [-0.25, -0.2) is 9.97 Å². The first kappa shape index (κ1) is 18.2. The fourth-order valence-corrected chi connectivity index (χ4v) is 2.46. The fourth-order valence-electron chi connectivity index (χ4n) is 2.46. The molecule has 1 atom stereocenters. The topological polar surface area (TPSA) is 136 Å². The van der Waals surface area contributed by atoms with Crippen molar-refractivity contribution in [2.75, 3.05) is 10.6 Å². The Balaban J connectivity index is 2.37.